The van der Waals surface area contributed by atoms with Crippen LogP contribution in [0.15, 0.2) is 29.6 Å². The Hall–Kier alpha value is -1.39. The van der Waals surface area contributed by atoms with Crippen molar-refractivity contribution in [3.63, 3.8) is 0 Å². The highest BCUT2D eigenvalue weighted by molar-refractivity contribution is 7.14. The molecular weight excluding hydrogens is 232 g/mol. The summed E-state index contributed by atoms with van der Waals surface area (Å²) in [5.41, 5.74) is 1.78. The fourth-order valence-electron chi connectivity index (χ4n) is 1.13. The Morgan fingerprint density at radius 3 is 2.73 bits per heavy atom. The van der Waals surface area contributed by atoms with Crippen LogP contribution in [0.3, 0.4) is 0 Å². The first-order valence-electron chi connectivity index (χ1n) is 4.14. The minimum atomic E-state index is 0.537. The monoisotopic (exact) mass is 237 g/mol. The second kappa shape index (κ2) is 4.42. The van der Waals surface area contributed by atoms with Crippen LogP contribution in [0.25, 0.3) is 11.3 Å². The summed E-state index contributed by atoms with van der Waals surface area (Å²) in [6.07, 6.45) is 1.58. The van der Waals surface area contributed by atoms with Gasteiger partial charge in [-0.3, -0.25) is 10.1 Å². The Morgan fingerprint density at radius 1 is 1.33 bits per heavy atom. The normalized spacial score (nSPS) is 9.93. The van der Waals surface area contributed by atoms with Crippen molar-refractivity contribution in [2.24, 2.45) is 0 Å². The molecule has 0 aliphatic carbocycles. The van der Waals surface area contributed by atoms with Gasteiger partial charge in [0, 0.05) is 16.0 Å². The van der Waals surface area contributed by atoms with Crippen molar-refractivity contribution < 1.29 is 4.79 Å². The van der Waals surface area contributed by atoms with Gasteiger partial charge in [0.15, 0.2) is 5.13 Å². The lowest BCUT2D eigenvalue weighted by molar-refractivity contribution is 0.561. The Balaban J connectivity index is 2.28. The molecule has 1 aromatic heterocycles. The van der Waals surface area contributed by atoms with E-state index in [9.17, 15) is 4.79 Å². The van der Waals surface area contributed by atoms with Crippen molar-refractivity contribution in [3.8, 4) is 11.3 Å². The zero-order valence-corrected chi connectivity index (χ0v) is 9.10. The number of thiazole rings is 1. The van der Waals surface area contributed by atoms with Crippen LogP contribution in [0, 0.1) is 0 Å². The summed E-state index contributed by atoms with van der Waals surface area (Å²) in [7, 11) is 0. The maximum absolute atomic E-state index is 10.1. The van der Waals surface area contributed by atoms with E-state index in [1.165, 1.54) is 11.3 Å². The van der Waals surface area contributed by atoms with Gasteiger partial charge in [-0.05, 0) is 12.1 Å². The van der Waals surface area contributed by atoms with Crippen LogP contribution in [0.2, 0.25) is 5.02 Å². The molecule has 2 rings (SSSR count). The van der Waals surface area contributed by atoms with Crippen LogP contribution < -0.4 is 5.32 Å². The van der Waals surface area contributed by atoms with E-state index in [2.05, 4.69) is 10.3 Å². The Bertz CT molecular complexity index is 467. The Labute approximate surface area is 95.7 Å². The smallest absolute Gasteiger partial charge is 0.294 e. The zero-order chi connectivity index (χ0) is 10.7. The molecule has 15 heavy (non-hydrogen) atoms. The number of amides is 1. The van der Waals surface area contributed by atoms with Gasteiger partial charge < -0.3 is 0 Å². The molecule has 0 unspecified atom stereocenters. The van der Waals surface area contributed by atoms with Crippen LogP contribution in [0.4, 0.5) is 5.13 Å². The van der Waals surface area contributed by atoms with Gasteiger partial charge >= 0.3 is 6.41 Å². The van der Waals surface area contributed by atoms with Gasteiger partial charge in [0.25, 0.3) is 0 Å². The summed E-state index contributed by atoms with van der Waals surface area (Å²) >= 11 is 7.13. The highest BCUT2D eigenvalue weighted by Gasteiger charge is 2.03. The lowest BCUT2D eigenvalue weighted by Gasteiger charge is -1.95. The molecular formula is C10H6ClN2OS. The summed E-state index contributed by atoms with van der Waals surface area (Å²) in [6.45, 7) is 0. The van der Waals surface area contributed by atoms with E-state index in [4.69, 9.17) is 11.6 Å². The number of halogens is 1. The van der Waals surface area contributed by atoms with Crippen molar-refractivity contribution in [2.75, 3.05) is 5.32 Å². The molecule has 0 saturated carbocycles. The molecule has 0 bridgehead atoms. The van der Waals surface area contributed by atoms with Gasteiger partial charge in [0.2, 0.25) is 0 Å². The van der Waals surface area contributed by atoms with Crippen LogP contribution in [0.5, 0.6) is 0 Å². The molecule has 0 aliphatic heterocycles. The number of carbonyl (C=O) groups excluding carboxylic acids is 1. The molecule has 5 heteroatoms. The maximum atomic E-state index is 10.1. The number of hydrogen-bond donors (Lipinski definition) is 1. The number of nitrogens with zero attached hydrogens (tertiary/aromatic N) is 1. The molecule has 0 fully saturated rings. The third-order valence-corrected chi connectivity index (χ3v) is 2.81. The average molecular weight is 238 g/mol. The minimum absolute atomic E-state index is 0.537. The number of benzene rings is 1. The predicted octanol–water partition coefficient (Wildman–Crippen LogP) is 2.94. The van der Waals surface area contributed by atoms with Gasteiger partial charge in [0.1, 0.15) is 0 Å². The summed E-state index contributed by atoms with van der Waals surface area (Å²) < 4.78 is 0. The maximum Gasteiger partial charge on any atom is 0.315 e. The molecule has 1 heterocycles. The van der Waals surface area contributed by atoms with E-state index in [-0.39, 0.29) is 0 Å². The van der Waals surface area contributed by atoms with Gasteiger partial charge in [0.05, 0.1) is 5.69 Å². The first kappa shape index (κ1) is 10.1. The van der Waals surface area contributed by atoms with Gasteiger partial charge in [-0.2, -0.15) is 0 Å². The first-order chi connectivity index (χ1) is 7.29. The van der Waals surface area contributed by atoms with Crippen molar-refractivity contribution in [1.82, 2.24) is 4.98 Å². The number of rotatable bonds is 3. The van der Waals surface area contributed by atoms with Gasteiger partial charge in [-0.25, -0.2) is 4.98 Å². The molecule has 1 N–H and O–H groups in total. The van der Waals surface area contributed by atoms with Crippen LogP contribution in [-0.2, 0) is 4.79 Å². The molecule has 0 saturated heterocycles. The molecule has 2 aromatic rings. The van der Waals surface area contributed by atoms with Crippen molar-refractivity contribution in [1.29, 1.82) is 0 Å². The van der Waals surface area contributed by atoms with Crippen LogP contribution >= 0.6 is 22.9 Å². The highest BCUT2D eigenvalue weighted by Crippen LogP contribution is 2.25. The molecule has 0 spiro atoms. The lowest BCUT2D eigenvalue weighted by Crippen LogP contribution is -1.91. The standard InChI is InChI=1S/C10H6ClN2OS/c11-8-3-1-7(2-4-8)9-5-15-10(13-9)12-6-14/h1-5H,(H,12,13,14). The van der Waals surface area contributed by atoms with E-state index >= 15 is 0 Å². The summed E-state index contributed by atoms with van der Waals surface area (Å²) in [5.74, 6) is 0. The van der Waals surface area contributed by atoms with Crippen molar-refractivity contribution in [3.05, 3.63) is 34.7 Å². The Kier molecular flexibility index (Phi) is 2.99. The summed E-state index contributed by atoms with van der Waals surface area (Å²) in [6, 6.07) is 7.36. The van der Waals surface area contributed by atoms with Crippen molar-refractivity contribution in [2.45, 2.75) is 0 Å². The fraction of sp³-hybridized carbons (Fsp3) is 0. The third kappa shape index (κ3) is 2.34. The highest BCUT2D eigenvalue weighted by atomic mass is 35.5. The van der Waals surface area contributed by atoms with E-state index < -0.39 is 0 Å². The van der Waals surface area contributed by atoms with E-state index in [0.717, 1.165) is 11.3 Å². The average Bonchev–Trinajstić information content (AvgIpc) is 2.68. The molecule has 3 nitrogen and oxygen atoms in total. The number of aromatic nitrogens is 1. The number of hydrogen-bond acceptors (Lipinski definition) is 3. The largest absolute Gasteiger partial charge is 0.315 e. The summed E-state index contributed by atoms with van der Waals surface area (Å²) in [4.78, 5) is 14.3. The molecule has 1 radical (unpaired) electrons. The first-order valence-corrected chi connectivity index (χ1v) is 5.40. The molecule has 1 aromatic carbocycles. The van der Waals surface area contributed by atoms with Crippen LogP contribution in [-0.4, -0.2) is 11.4 Å². The Morgan fingerprint density at radius 2 is 2.07 bits per heavy atom. The van der Waals surface area contributed by atoms with E-state index in [1.54, 1.807) is 18.5 Å². The topological polar surface area (TPSA) is 42.0 Å². The second-order valence-electron chi connectivity index (χ2n) is 2.77. The van der Waals surface area contributed by atoms with Crippen molar-refractivity contribution >= 4 is 34.5 Å². The van der Waals surface area contributed by atoms with E-state index in [1.807, 2.05) is 17.5 Å². The minimum Gasteiger partial charge on any atom is -0.294 e. The van der Waals surface area contributed by atoms with Gasteiger partial charge in [-0.1, -0.05) is 23.7 Å². The SMILES string of the molecule is O=[C]Nc1nc(-c2ccc(Cl)cc2)cs1. The zero-order valence-electron chi connectivity index (χ0n) is 7.53. The van der Waals surface area contributed by atoms with Crippen LogP contribution in [0.1, 0.15) is 0 Å². The number of anilines is 1. The van der Waals surface area contributed by atoms with E-state index in [0.29, 0.717) is 10.2 Å². The molecule has 75 valence electrons. The quantitative estimate of drug-likeness (QED) is 0.834. The lowest BCUT2D eigenvalue weighted by atomic mass is 10.2. The second-order valence-corrected chi connectivity index (χ2v) is 4.07. The molecule has 0 aliphatic rings. The predicted molar refractivity (Wildman–Crippen MR) is 61.9 cm³/mol. The molecule has 0 atom stereocenters. The molecule has 1 amide bonds. The van der Waals surface area contributed by atoms with Gasteiger partial charge in [-0.15, -0.1) is 11.3 Å². The fourth-order valence-corrected chi connectivity index (χ4v) is 1.92. The number of nitrogens with one attached hydrogen (secondary N) is 1. The summed E-state index contributed by atoms with van der Waals surface area (Å²) in [5, 5.41) is 5.47. The third-order valence-electron chi connectivity index (χ3n) is 1.80.